The van der Waals surface area contributed by atoms with Crippen molar-refractivity contribution in [3.05, 3.63) is 24.3 Å². The van der Waals surface area contributed by atoms with E-state index in [1.807, 2.05) is 36.0 Å². The molecule has 0 aliphatic carbocycles. The fraction of sp³-hybridized carbons (Fsp3) is 0.467. The molecule has 1 aromatic carbocycles. The number of likely N-dealkylation sites (tertiary alicyclic amines) is 1. The van der Waals surface area contributed by atoms with Crippen molar-refractivity contribution < 1.29 is 9.59 Å². The van der Waals surface area contributed by atoms with Crippen LogP contribution in [0, 0.1) is 0 Å². The number of anilines is 1. The largest absolute Gasteiger partial charge is 0.333 e. The van der Waals surface area contributed by atoms with Crippen LogP contribution in [-0.4, -0.2) is 35.6 Å². The van der Waals surface area contributed by atoms with Crippen LogP contribution in [0.3, 0.4) is 0 Å². The predicted octanol–water partition coefficient (Wildman–Crippen LogP) is 2.75. The second-order valence-electron chi connectivity index (χ2n) is 4.84. The van der Waals surface area contributed by atoms with Gasteiger partial charge in [0.05, 0.1) is 6.54 Å². The van der Waals surface area contributed by atoms with E-state index in [4.69, 9.17) is 0 Å². The maximum atomic E-state index is 11.9. The van der Waals surface area contributed by atoms with Crippen LogP contribution in [0.15, 0.2) is 29.2 Å². The van der Waals surface area contributed by atoms with E-state index in [2.05, 4.69) is 12.2 Å². The smallest absolute Gasteiger partial charge is 0.243 e. The van der Waals surface area contributed by atoms with Crippen molar-refractivity contribution in [3.63, 3.8) is 0 Å². The molecule has 2 rings (SSSR count). The molecule has 1 heterocycles. The van der Waals surface area contributed by atoms with Crippen LogP contribution in [0.5, 0.6) is 0 Å². The summed E-state index contributed by atoms with van der Waals surface area (Å²) in [5, 5.41) is 2.83. The molecule has 1 saturated heterocycles. The van der Waals surface area contributed by atoms with Gasteiger partial charge in [0.1, 0.15) is 0 Å². The Bertz CT molecular complexity index is 473. The van der Waals surface area contributed by atoms with E-state index in [0.29, 0.717) is 13.0 Å². The van der Waals surface area contributed by atoms with Gasteiger partial charge in [0.25, 0.3) is 0 Å². The summed E-state index contributed by atoms with van der Waals surface area (Å²) in [6.07, 6.45) is 2.57. The molecule has 0 saturated carbocycles. The molecule has 1 fully saturated rings. The molecule has 0 atom stereocenters. The number of rotatable bonds is 6. The lowest BCUT2D eigenvalue weighted by atomic mass is 10.3. The number of thioether (sulfide) groups is 1. The lowest BCUT2D eigenvalue weighted by Crippen LogP contribution is -2.33. The van der Waals surface area contributed by atoms with Gasteiger partial charge in [0.15, 0.2) is 0 Å². The fourth-order valence-electron chi connectivity index (χ4n) is 2.10. The molecule has 20 heavy (non-hydrogen) atoms. The van der Waals surface area contributed by atoms with E-state index in [0.717, 1.165) is 24.3 Å². The highest BCUT2D eigenvalue weighted by Gasteiger charge is 2.22. The van der Waals surface area contributed by atoms with Crippen molar-refractivity contribution >= 4 is 29.3 Å². The molecule has 0 radical (unpaired) electrons. The Hall–Kier alpha value is -1.49. The molecule has 1 N–H and O–H groups in total. The number of amides is 2. The third-order valence-corrected chi connectivity index (χ3v) is 4.33. The molecule has 1 aliphatic heterocycles. The van der Waals surface area contributed by atoms with Gasteiger partial charge in [-0.1, -0.05) is 6.92 Å². The van der Waals surface area contributed by atoms with Crippen LogP contribution >= 0.6 is 11.8 Å². The minimum Gasteiger partial charge on any atom is -0.333 e. The standard InChI is InChI=1S/C15H20N2O2S/c1-2-10-20-13-7-5-12(6-8-13)16-14(18)11-17-9-3-4-15(17)19/h5-8H,2-4,9-11H2,1H3,(H,16,18). The molecular formula is C15H20N2O2S. The van der Waals surface area contributed by atoms with Crippen molar-refractivity contribution in [1.29, 1.82) is 0 Å². The minimum atomic E-state index is -0.130. The summed E-state index contributed by atoms with van der Waals surface area (Å²) >= 11 is 1.81. The number of hydrogen-bond donors (Lipinski definition) is 1. The number of nitrogens with zero attached hydrogens (tertiary/aromatic N) is 1. The second kappa shape index (κ2) is 7.33. The average Bonchev–Trinajstić information content (AvgIpc) is 2.83. The van der Waals surface area contributed by atoms with E-state index in [9.17, 15) is 9.59 Å². The summed E-state index contributed by atoms with van der Waals surface area (Å²) in [5.74, 6) is 1.05. The van der Waals surface area contributed by atoms with Gasteiger partial charge in [-0.25, -0.2) is 0 Å². The van der Waals surface area contributed by atoms with Gasteiger partial charge < -0.3 is 10.2 Å². The molecule has 1 aliphatic rings. The average molecular weight is 292 g/mol. The molecule has 108 valence electrons. The van der Waals surface area contributed by atoms with Crippen molar-refractivity contribution in [3.8, 4) is 0 Å². The van der Waals surface area contributed by atoms with Crippen LogP contribution in [0.2, 0.25) is 0 Å². The third-order valence-electron chi connectivity index (χ3n) is 3.12. The molecule has 0 bridgehead atoms. The highest BCUT2D eigenvalue weighted by molar-refractivity contribution is 7.99. The number of carbonyl (C=O) groups is 2. The van der Waals surface area contributed by atoms with E-state index in [1.165, 1.54) is 4.90 Å². The van der Waals surface area contributed by atoms with Crippen LogP contribution in [0.1, 0.15) is 26.2 Å². The normalized spacial score (nSPS) is 14.7. The van der Waals surface area contributed by atoms with Gasteiger partial charge in [-0.3, -0.25) is 9.59 Å². The minimum absolute atomic E-state index is 0.0754. The molecule has 0 spiro atoms. The Balaban J connectivity index is 1.83. The van der Waals surface area contributed by atoms with Crippen LogP contribution in [0.25, 0.3) is 0 Å². The Kier molecular flexibility index (Phi) is 5.47. The van der Waals surface area contributed by atoms with Crippen molar-refractivity contribution in [2.45, 2.75) is 31.1 Å². The number of benzene rings is 1. The number of carbonyl (C=O) groups excluding carboxylic acids is 2. The first-order valence-corrected chi connectivity index (χ1v) is 7.98. The fourth-order valence-corrected chi connectivity index (χ4v) is 2.87. The van der Waals surface area contributed by atoms with Gasteiger partial charge >= 0.3 is 0 Å². The summed E-state index contributed by atoms with van der Waals surface area (Å²) in [6, 6.07) is 7.83. The van der Waals surface area contributed by atoms with Gasteiger partial charge in [-0.15, -0.1) is 11.8 Å². The molecule has 0 aromatic heterocycles. The lowest BCUT2D eigenvalue weighted by molar-refractivity contribution is -0.131. The predicted molar refractivity (Wildman–Crippen MR) is 81.9 cm³/mol. The molecule has 0 unspecified atom stereocenters. The first-order chi connectivity index (χ1) is 9.69. The topological polar surface area (TPSA) is 49.4 Å². The highest BCUT2D eigenvalue weighted by Crippen LogP contribution is 2.21. The van der Waals surface area contributed by atoms with E-state index < -0.39 is 0 Å². The molecule has 5 heteroatoms. The molecule has 2 amide bonds. The maximum Gasteiger partial charge on any atom is 0.243 e. The molecule has 4 nitrogen and oxygen atoms in total. The quantitative estimate of drug-likeness (QED) is 0.820. The van der Waals surface area contributed by atoms with Gasteiger partial charge in [-0.05, 0) is 42.9 Å². The Morgan fingerprint density at radius 3 is 2.70 bits per heavy atom. The second-order valence-corrected chi connectivity index (χ2v) is 6.01. The highest BCUT2D eigenvalue weighted by atomic mass is 32.2. The zero-order chi connectivity index (χ0) is 14.4. The maximum absolute atomic E-state index is 11.9. The number of hydrogen-bond acceptors (Lipinski definition) is 3. The van der Waals surface area contributed by atoms with Crippen LogP contribution in [-0.2, 0) is 9.59 Å². The lowest BCUT2D eigenvalue weighted by Gasteiger charge is -2.15. The van der Waals surface area contributed by atoms with Crippen molar-refractivity contribution in [2.75, 3.05) is 24.2 Å². The molecule has 1 aromatic rings. The van der Waals surface area contributed by atoms with Crippen LogP contribution in [0.4, 0.5) is 5.69 Å². The third kappa shape index (κ3) is 4.27. The monoisotopic (exact) mass is 292 g/mol. The van der Waals surface area contributed by atoms with Crippen LogP contribution < -0.4 is 5.32 Å². The van der Waals surface area contributed by atoms with Gasteiger partial charge in [0.2, 0.25) is 11.8 Å². The zero-order valence-electron chi connectivity index (χ0n) is 11.7. The first kappa shape index (κ1) is 14.9. The van der Waals surface area contributed by atoms with Gasteiger partial charge in [0, 0.05) is 23.5 Å². The first-order valence-electron chi connectivity index (χ1n) is 6.99. The van der Waals surface area contributed by atoms with E-state index in [-0.39, 0.29) is 18.4 Å². The SMILES string of the molecule is CCCSc1ccc(NC(=O)CN2CCCC2=O)cc1. The zero-order valence-corrected chi connectivity index (χ0v) is 12.5. The van der Waals surface area contributed by atoms with Crippen molar-refractivity contribution in [2.24, 2.45) is 0 Å². The summed E-state index contributed by atoms with van der Waals surface area (Å²) in [7, 11) is 0. The summed E-state index contributed by atoms with van der Waals surface area (Å²) in [4.78, 5) is 26.1. The summed E-state index contributed by atoms with van der Waals surface area (Å²) in [5.41, 5.74) is 0.780. The van der Waals surface area contributed by atoms with Crippen molar-refractivity contribution in [1.82, 2.24) is 4.90 Å². The van der Waals surface area contributed by atoms with E-state index >= 15 is 0 Å². The summed E-state index contributed by atoms with van der Waals surface area (Å²) in [6.45, 7) is 3.01. The Morgan fingerprint density at radius 1 is 1.35 bits per heavy atom. The van der Waals surface area contributed by atoms with Gasteiger partial charge in [-0.2, -0.15) is 0 Å². The van der Waals surface area contributed by atoms with E-state index in [1.54, 1.807) is 4.90 Å². The Morgan fingerprint density at radius 2 is 2.10 bits per heavy atom. The number of nitrogens with one attached hydrogen (secondary N) is 1. The molecular weight excluding hydrogens is 272 g/mol. The summed E-state index contributed by atoms with van der Waals surface area (Å²) < 4.78 is 0. The Labute approximate surface area is 123 Å².